The van der Waals surface area contributed by atoms with E-state index in [-0.39, 0.29) is 11.8 Å². The number of piperidine rings is 1. The van der Waals surface area contributed by atoms with Gasteiger partial charge in [0.05, 0.1) is 5.69 Å². The zero-order chi connectivity index (χ0) is 26.0. The predicted molar refractivity (Wildman–Crippen MR) is 134 cm³/mol. The van der Waals surface area contributed by atoms with E-state index in [9.17, 15) is 23.1 Å². The van der Waals surface area contributed by atoms with Crippen LogP contribution in [0.3, 0.4) is 0 Å². The van der Waals surface area contributed by atoms with Crippen molar-refractivity contribution < 1.29 is 23.1 Å². The van der Waals surface area contributed by atoms with Gasteiger partial charge in [-0.2, -0.15) is 13.2 Å². The summed E-state index contributed by atoms with van der Waals surface area (Å²) in [6.07, 6.45) is 4.02. The smallest absolute Gasteiger partial charge is 0.384 e. The van der Waals surface area contributed by atoms with Crippen LogP contribution in [0.5, 0.6) is 0 Å². The van der Waals surface area contributed by atoms with Crippen LogP contribution in [0.25, 0.3) is 0 Å². The molecule has 0 bridgehead atoms. The van der Waals surface area contributed by atoms with Gasteiger partial charge in [-0.05, 0) is 87.5 Å². The average molecular weight is 517 g/mol. The lowest BCUT2D eigenvalue weighted by Gasteiger charge is -2.36. The highest BCUT2D eigenvalue weighted by molar-refractivity contribution is 5.79. The van der Waals surface area contributed by atoms with Gasteiger partial charge < -0.3 is 14.9 Å². The summed E-state index contributed by atoms with van der Waals surface area (Å²) in [6.45, 7) is 2.63. The quantitative estimate of drug-likeness (QED) is 0.604. The van der Waals surface area contributed by atoms with Gasteiger partial charge in [0.2, 0.25) is 5.91 Å². The standard InChI is InChI=1S/C28H35F3N4O2/c29-28(30,31)24-5-3-6-25(33-24)34-16-10-22(11-17-34)26(36)35-15-9-21(19-35)18-20-7-12-27(37,13-8-20)23-4-1-2-14-32-23/h1-6,14,20-22,37H,7-13,15-19H2. The highest BCUT2D eigenvalue weighted by atomic mass is 19.4. The Morgan fingerprint density at radius 1 is 0.973 bits per heavy atom. The summed E-state index contributed by atoms with van der Waals surface area (Å²) in [5.41, 5.74) is -0.944. The fourth-order valence-electron chi connectivity index (χ4n) is 6.35. The largest absolute Gasteiger partial charge is 0.433 e. The van der Waals surface area contributed by atoms with E-state index in [1.807, 2.05) is 28.0 Å². The molecule has 2 aromatic heterocycles. The lowest BCUT2D eigenvalue weighted by molar-refractivity contribution is -0.141. The van der Waals surface area contributed by atoms with Gasteiger partial charge in [-0.25, -0.2) is 4.98 Å². The lowest BCUT2D eigenvalue weighted by Crippen LogP contribution is -2.42. The minimum Gasteiger partial charge on any atom is -0.384 e. The van der Waals surface area contributed by atoms with Crippen molar-refractivity contribution >= 4 is 11.7 Å². The van der Waals surface area contributed by atoms with Crippen molar-refractivity contribution in [3.8, 4) is 0 Å². The Bertz CT molecular complexity index is 1060. The number of rotatable bonds is 5. The first-order valence-corrected chi connectivity index (χ1v) is 13.4. The average Bonchev–Trinajstić information content (AvgIpc) is 3.38. The number of pyridine rings is 2. The molecule has 0 spiro atoms. The Morgan fingerprint density at radius 3 is 2.41 bits per heavy atom. The van der Waals surface area contributed by atoms with Gasteiger partial charge in [0.1, 0.15) is 17.1 Å². The van der Waals surface area contributed by atoms with E-state index in [0.717, 1.165) is 63.4 Å². The first kappa shape index (κ1) is 25.9. The Labute approximate surface area is 215 Å². The van der Waals surface area contributed by atoms with Gasteiger partial charge in [-0.15, -0.1) is 0 Å². The van der Waals surface area contributed by atoms with E-state index in [0.29, 0.717) is 43.6 Å². The van der Waals surface area contributed by atoms with Gasteiger partial charge in [-0.3, -0.25) is 9.78 Å². The van der Waals surface area contributed by atoms with Crippen molar-refractivity contribution in [2.24, 2.45) is 17.8 Å². The third kappa shape index (κ3) is 5.92. The highest BCUT2D eigenvalue weighted by Crippen LogP contribution is 2.41. The summed E-state index contributed by atoms with van der Waals surface area (Å²) < 4.78 is 39.0. The minimum absolute atomic E-state index is 0.0798. The number of aromatic nitrogens is 2. The lowest BCUT2D eigenvalue weighted by atomic mass is 9.74. The normalized spacial score (nSPS) is 27.5. The number of amides is 1. The van der Waals surface area contributed by atoms with Crippen LogP contribution in [0.1, 0.15) is 62.8 Å². The molecule has 3 fully saturated rings. The molecular formula is C28H35F3N4O2. The second kappa shape index (κ2) is 10.6. The number of alkyl halides is 3. The molecule has 37 heavy (non-hydrogen) atoms. The van der Waals surface area contributed by atoms with Crippen LogP contribution >= 0.6 is 0 Å². The molecule has 1 unspecified atom stereocenters. The van der Waals surface area contributed by atoms with E-state index in [1.54, 1.807) is 12.3 Å². The molecule has 0 radical (unpaired) electrons. The van der Waals surface area contributed by atoms with Crippen molar-refractivity contribution in [1.82, 2.24) is 14.9 Å². The SMILES string of the molecule is O=C(C1CCN(c2cccc(C(F)(F)F)n2)CC1)N1CCC(CC2CCC(O)(c3ccccn3)CC2)C1. The topological polar surface area (TPSA) is 69.6 Å². The van der Waals surface area contributed by atoms with Crippen molar-refractivity contribution in [1.29, 1.82) is 0 Å². The Morgan fingerprint density at radius 2 is 1.73 bits per heavy atom. The molecule has 2 aromatic rings. The van der Waals surface area contributed by atoms with Crippen molar-refractivity contribution in [3.63, 3.8) is 0 Å². The highest BCUT2D eigenvalue weighted by Gasteiger charge is 2.39. The second-order valence-corrected chi connectivity index (χ2v) is 11.0. The fourth-order valence-corrected chi connectivity index (χ4v) is 6.35. The van der Waals surface area contributed by atoms with E-state index < -0.39 is 17.5 Å². The van der Waals surface area contributed by atoms with Gasteiger partial charge in [0.25, 0.3) is 0 Å². The van der Waals surface area contributed by atoms with Crippen LogP contribution in [0.2, 0.25) is 0 Å². The van der Waals surface area contributed by atoms with E-state index in [2.05, 4.69) is 9.97 Å². The van der Waals surface area contributed by atoms with Crippen molar-refractivity contribution in [2.75, 3.05) is 31.1 Å². The molecule has 200 valence electrons. The van der Waals surface area contributed by atoms with E-state index >= 15 is 0 Å². The van der Waals surface area contributed by atoms with Crippen LogP contribution in [-0.2, 0) is 16.6 Å². The maximum atomic E-state index is 13.2. The third-order valence-corrected chi connectivity index (χ3v) is 8.53. The minimum atomic E-state index is -4.46. The Hall–Kier alpha value is -2.68. The number of likely N-dealkylation sites (tertiary alicyclic amines) is 1. The summed E-state index contributed by atoms with van der Waals surface area (Å²) in [4.78, 5) is 25.2. The Balaban J connectivity index is 1.07. The summed E-state index contributed by atoms with van der Waals surface area (Å²) in [6, 6.07) is 9.66. The number of carbonyl (C=O) groups excluding carboxylic acids is 1. The molecule has 9 heteroatoms. The number of carbonyl (C=O) groups is 1. The van der Waals surface area contributed by atoms with Crippen LogP contribution < -0.4 is 4.90 Å². The van der Waals surface area contributed by atoms with Gasteiger partial charge >= 0.3 is 6.18 Å². The molecular weight excluding hydrogens is 481 g/mol. The molecule has 2 saturated heterocycles. The van der Waals surface area contributed by atoms with Crippen LogP contribution in [0.4, 0.5) is 19.0 Å². The van der Waals surface area contributed by atoms with Gasteiger partial charge in [0.15, 0.2) is 0 Å². The number of hydrogen-bond acceptors (Lipinski definition) is 5. The van der Waals surface area contributed by atoms with Crippen LogP contribution in [-0.4, -0.2) is 52.1 Å². The van der Waals surface area contributed by atoms with E-state index in [1.165, 1.54) is 6.07 Å². The molecule has 2 aliphatic heterocycles. The molecule has 6 nitrogen and oxygen atoms in total. The predicted octanol–water partition coefficient (Wildman–Crippen LogP) is 5.03. The summed E-state index contributed by atoms with van der Waals surface area (Å²) in [5.74, 6) is 1.48. The van der Waals surface area contributed by atoms with Crippen LogP contribution in [0, 0.1) is 17.8 Å². The van der Waals surface area contributed by atoms with Crippen LogP contribution in [0.15, 0.2) is 42.6 Å². The van der Waals surface area contributed by atoms with Crippen molar-refractivity contribution in [2.45, 2.75) is 63.1 Å². The number of halogens is 3. The third-order valence-electron chi connectivity index (χ3n) is 8.53. The molecule has 5 rings (SSSR count). The first-order chi connectivity index (χ1) is 17.7. The molecule has 1 amide bonds. The first-order valence-electron chi connectivity index (χ1n) is 13.4. The van der Waals surface area contributed by atoms with Gasteiger partial charge in [-0.1, -0.05) is 12.1 Å². The Kier molecular flexibility index (Phi) is 7.43. The monoisotopic (exact) mass is 516 g/mol. The molecule has 0 aromatic carbocycles. The molecule has 1 N–H and O–H groups in total. The molecule has 1 atom stereocenters. The number of hydrogen-bond donors (Lipinski definition) is 1. The number of nitrogens with zero attached hydrogens (tertiary/aromatic N) is 4. The molecule has 4 heterocycles. The summed E-state index contributed by atoms with van der Waals surface area (Å²) in [5, 5.41) is 11.0. The fraction of sp³-hybridized carbons (Fsp3) is 0.607. The van der Waals surface area contributed by atoms with Gasteiger partial charge in [0, 0.05) is 38.3 Å². The summed E-state index contributed by atoms with van der Waals surface area (Å²) in [7, 11) is 0. The maximum Gasteiger partial charge on any atom is 0.433 e. The summed E-state index contributed by atoms with van der Waals surface area (Å²) >= 11 is 0. The second-order valence-electron chi connectivity index (χ2n) is 11.0. The molecule has 3 aliphatic rings. The van der Waals surface area contributed by atoms with E-state index in [4.69, 9.17) is 0 Å². The number of anilines is 1. The maximum absolute atomic E-state index is 13.2. The molecule has 1 aliphatic carbocycles. The number of aliphatic hydroxyl groups is 1. The zero-order valence-corrected chi connectivity index (χ0v) is 21.0. The molecule has 1 saturated carbocycles. The van der Waals surface area contributed by atoms with Crippen molar-refractivity contribution in [3.05, 3.63) is 54.0 Å². The zero-order valence-electron chi connectivity index (χ0n) is 21.0.